The molecule has 6 nitrogen and oxygen atoms in total. The molecule has 0 aliphatic carbocycles. The molecule has 2 aromatic heterocycles. The zero-order valence-electron chi connectivity index (χ0n) is 9.54. The molecular weight excluding hydrogens is 239 g/mol. The maximum atomic E-state index is 13.0. The number of aromatic nitrogens is 2. The lowest BCUT2D eigenvalue weighted by Gasteiger charge is -2.31. The maximum Gasteiger partial charge on any atom is 0.300 e. The number of oxazole rings is 1. The van der Waals surface area contributed by atoms with Crippen LogP contribution in [-0.4, -0.2) is 47.5 Å². The fourth-order valence-electron chi connectivity index (χ4n) is 1.94. The molecule has 3 rings (SSSR count). The first-order valence-electron chi connectivity index (χ1n) is 5.62. The maximum absolute atomic E-state index is 13.0. The molecule has 0 saturated carbocycles. The van der Waals surface area contributed by atoms with Crippen LogP contribution < -0.4 is 4.90 Å². The van der Waals surface area contributed by atoms with E-state index in [-0.39, 0.29) is 0 Å². The standard InChI is InChI=1S/C11H11FN4O2/c12-8-5-9-10(13-6-8)14-11(18-9)16-3-1-15(7-17)2-4-16/h5-7H,1-4H2. The van der Waals surface area contributed by atoms with E-state index in [0.29, 0.717) is 43.4 Å². The summed E-state index contributed by atoms with van der Waals surface area (Å²) in [5, 5.41) is 0. The summed E-state index contributed by atoms with van der Waals surface area (Å²) in [5.41, 5.74) is 0.729. The zero-order valence-corrected chi connectivity index (χ0v) is 9.54. The van der Waals surface area contributed by atoms with Gasteiger partial charge in [0.2, 0.25) is 12.1 Å². The van der Waals surface area contributed by atoms with Crippen molar-refractivity contribution >= 4 is 23.7 Å². The van der Waals surface area contributed by atoms with Crippen LogP contribution in [0.5, 0.6) is 0 Å². The second kappa shape index (κ2) is 4.25. The molecule has 1 aliphatic heterocycles. The van der Waals surface area contributed by atoms with Crippen LogP contribution in [0.15, 0.2) is 16.7 Å². The van der Waals surface area contributed by atoms with Gasteiger partial charge in [-0.15, -0.1) is 0 Å². The fraction of sp³-hybridized carbons (Fsp3) is 0.364. The van der Waals surface area contributed by atoms with E-state index in [4.69, 9.17) is 4.42 Å². The summed E-state index contributed by atoms with van der Waals surface area (Å²) in [4.78, 5) is 22.3. The van der Waals surface area contributed by atoms with Crippen molar-refractivity contribution < 1.29 is 13.6 Å². The number of hydrogen-bond donors (Lipinski definition) is 0. The number of carbonyl (C=O) groups excluding carboxylic acids is 1. The molecule has 94 valence electrons. The Morgan fingerprint density at radius 3 is 2.83 bits per heavy atom. The monoisotopic (exact) mass is 250 g/mol. The number of halogens is 1. The Hall–Kier alpha value is -2.18. The molecule has 1 fully saturated rings. The van der Waals surface area contributed by atoms with Gasteiger partial charge in [-0.05, 0) is 0 Å². The number of rotatable bonds is 2. The molecule has 18 heavy (non-hydrogen) atoms. The van der Waals surface area contributed by atoms with Gasteiger partial charge >= 0.3 is 0 Å². The zero-order chi connectivity index (χ0) is 12.5. The quantitative estimate of drug-likeness (QED) is 0.732. The summed E-state index contributed by atoms with van der Waals surface area (Å²) in [6, 6.07) is 1.69. The van der Waals surface area contributed by atoms with Gasteiger partial charge in [-0.25, -0.2) is 9.37 Å². The molecule has 1 amide bonds. The third-order valence-electron chi connectivity index (χ3n) is 2.94. The minimum atomic E-state index is -0.448. The molecule has 1 aliphatic rings. The van der Waals surface area contributed by atoms with E-state index in [0.717, 1.165) is 12.6 Å². The summed E-state index contributed by atoms with van der Waals surface area (Å²) in [5.74, 6) is -0.448. The summed E-state index contributed by atoms with van der Waals surface area (Å²) in [6.07, 6.45) is 1.94. The molecule has 0 radical (unpaired) electrons. The predicted octanol–water partition coefficient (Wildman–Crippen LogP) is 0.640. The normalized spacial score (nSPS) is 16.3. The number of pyridine rings is 1. The van der Waals surface area contributed by atoms with Crippen LogP contribution in [0.3, 0.4) is 0 Å². The van der Waals surface area contributed by atoms with Crippen LogP contribution in [0.4, 0.5) is 10.4 Å². The second-order valence-corrected chi connectivity index (χ2v) is 4.10. The Bertz CT molecular complexity index is 577. The lowest BCUT2D eigenvalue weighted by molar-refractivity contribution is -0.118. The van der Waals surface area contributed by atoms with Gasteiger partial charge in [0.05, 0.1) is 6.20 Å². The van der Waals surface area contributed by atoms with E-state index in [2.05, 4.69) is 9.97 Å². The molecule has 7 heteroatoms. The fourth-order valence-corrected chi connectivity index (χ4v) is 1.94. The number of anilines is 1. The van der Waals surface area contributed by atoms with E-state index in [9.17, 15) is 9.18 Å². The van der Waals surface area contributed by atoms with Crippen LogP contribution in [0.2, 0.25) is 0 Å². The van der Waals surface area contributed by atoms with Gasteiger partial charge in [-0.2, -0.15) is 4.98 Å². The molecule has 0 atom stereocenters. The molecular formula is C11H11FN4O2. The topological polar surface area (TPSA) is 62.5 Å². The Labute approximate surface area is 102 Å². The lowest BCUT2D eigenvalue weighted by Crippen LogP contribution is -2.45. The average Bonchev–Trinajstić information content (AvgIpc) is 2.81. The first-order chi connectivity index (χ1) is 8.76. The average molecular weight is 250 g/mol. The SMILES string of the molecule is O=CN1CCN(c2nc3ncc(F)cc3o2)CC1. The third-order valence-corrected chi connectivity index (χ3v) is 2.94. The highest BCUT2D eigenvalue weighted by molar-refractivity contribution is 5.69. The van der Waals surface area contributed by atoms with Crippen molar-refractivity contribution in [3.63, 3.8) is 0 Å². The Kier molecular flexibility index (Phi) is 2.58. The molecule has 0 unspecified atom stereocenters. The van der Waals surface area contributed by atoms with Crippen molar-refractivity contribution in [2.24, 2.45) is 0 Å². The minimum absolute atomic E-state index is 0.336. The molecule has 2 aromatic rings. The van der Waals surface area contributed by atoms with Crippen LogP contribution in [-0.2, 0) is 4.79 Å². The van der Waals surface area contributed by atoms with Crippen LogP contribution >= 0.6 is 0 Å². The van der Waals surface area contributed by atoms with Crippen molar-refractivity contribution in [1.29, 1.82) is 0 Å². The number of amides is 1. The number of carbonyl (C=O) groups is 1. The van der Waals surface area contributed by atoms with Crippen LogP contribution in [0.25, 0.3) is 11.2 Å². The van der Waals surface area contributed by atoms with E-state index in [1.165, 1.54) is 6.07 Å². The van der Waals surface area contributed by atoms with Crippen LogP contribution in [0.1, 0.15) is 0 Å². The molecule has 0 bridgehead atoms. The highest BCUT2D eigenvalue weighted by atomic mass is 19.1. The molecule has 0 N–H and O–H groups in total. The lowest BCUT2D eigenvalue weighted by atomic mass is 10.3. The van der Waals surface area contributed by atoms with Crippen LogP contribution in [0, 0.1) is 5.82 Å². The Balaban J connectivity index is 1.84. The van der Waals surface area contributed by atoms with Crippen molar-refractivity contribution in [3.8, 4) is 0 Å². The van der Waals surface area contributed by atoms with E-state index >= 15 is 0 Å². The molecule has 1 saturated heterocycles. The number of piperazine rings is 1. The van der Waals surface area contributed by atoms with Gasteiger partial charge in [-0.3, -0.25) is 4.79 Å². The summed E-state index contributed by atoms with van der Waals surface area (Å²) in [6.45, 7) is 2.55. The van der Waals surface area contributed by atoms with E-state index in [1.54, 1.807) is 4.90 Å². The number of hydrogen-bond acceptors (Lipinski definition) is 5. The van der Waals surface area contributed by atoms with Gasteiger partial charge in [0.25, 0.3) is 6.01 Å². The van der Waals surface area contributed by atoms with E-state index < -0.39 is 5.82 Å². The van der Waals surface area contributed by atoms with Crippen molar-refractivity contribution in [1.82, 2.24) is 14.9 Å². The first-order valence-corrected chi connectivity index (χ1v) is 5.62. The predicted molar refractivity (Wildman–Crippen MR) is 61.6 cm³/mol. The smallest absolute Gasteiger partial charge is 0.300 e. The largest absolute Gasteiger partial charge is 0.422 e. The van der Waals surface area contributed by atoms with Gasteiger partial charge in [0, 0.05) is 32.2 Å². The van der Waals surface area contributed by atoms with Gasteiger partial charge in [0.1, 0.15) is 5.82 Å². The minimum Gasteiger partial charge on any atom is -0.422 e. The molecule has 0 aromatic carbocycles. The molecule has 0 spiro atoms. The molecule has 3 heterocycles. The Morgan fingerprint density at radius 1 is 1.33 bits per heavy atom. The van der Waals surface area contributed by atoms with Crippen molar-refractivity contribution in [2.45, 2.75) is 0 Å². The van der Waals surface area contributed by atoms with Gasteiger partial charge < -0.3 is 14.2 Å². The highest BCUT2D eigenvalue weighted by Gasteiger charge is 2.20. The van der Waals surface area contributed by atoms with Gasteiger partial charge in [-0.1, -0.05) is 0 Å². The number of fused-ring (bicyclic) bond motifs is 1. The second-order valence-electron chi connectivity index (χ2n) is 4.10. The summed E-state index contributed by atoms with van der Waals surface area (Å²) < 4.78 is 18.4. The highest BCUT2D eigenvalue weighted by Crippen LogP contribution is 2.21. The van der Waals surface area contributed by atoms with Crippen molar-refractivity contribution in [3.05, 3.63) is 18.1 Å². The number of nitrogens with zero attached hydrogens (tertiary/aromatic N) is 4. The Morgan fingerprint density at radius 2 is 2.11 bits per heavy atom. The summed E-state index contributed by atoms with van der Waals surface area (Å²) in [7, 11) is 0. The van der Waals surface area contributed by atoms with E-state index in [1.807, 2.05) is 4.90 Å². The van der Waals surface area contributed by atoms with Crippen molar-refractivity contribution in [2.75, 3.05) is 31.1 Å². The first kappa shape index (κ1) is 10.9. The van der Waals surface area contributed by atoms with Gasteiger partial charge in [0.15, 0.2) is 5.58 Å². The summed E-state index contributed by atoms with van der Waals surface area (Å²) >= 11 is 0. The third kappa shape index (κ3) is 1.87.